The quantitative estimate of drug-likeness (QED) is 0.778. The average molecular weight is 257 g/mol. The summed E-state index contributed by atoms with van der Waals surface area (Å²) < 4.78 is 41.9. The van der Waals surface area contributed by atoms with E-state index in [1.54, 1.807) is 6.92 Å². The Morgan fingerprint density at radius 1 is 1.62 bits per heavy atom. The van der Waals surface area contributed by atoms with Crippen molar-refractivity contribution in [3.63, 3.8) is 0 Å². The van der Waals surface area contributed by atoms with Gasteiger partial charge in [-0.15, -0.1) is 0 Å². The van der Waals surface area contributed by atoms with Crippen molar-refractivity contribution in [2.75, 3.05) is 6.61 Å². The van der Waals surface area contributed by atoms with Gasteiger partial charge in [0.05, 0.1) is 6.61 Å². The fourth-order valence-electron chi connectivity index (χ4n) is 0.972. The number of ether oxygens (including phenoxy) is 1. The van der Waals surface area contributed by atoms with Crippen LogP contribution < -0.4 is 0 Å². The molecule has 0 N–H and O–H groups in total. The highest BCUT2D eigenvalue weighted by Crippen LogP contribution is 2.29. The molecule has 4 nitrogen and oxygen atoms in total. The van der Waals surface area contributed by atoms with Crippen molar-refractivity contribution < 1.29 is 22.7 Å². The van der Waals surface area contributed by atoms with E-state index >= 15 is 0 Å². The molecular formula is C8H8ClF3N2O2. The number of alkyl halides is 3. The van der Waals surface area contributed by atoms with Gasteiger partial charge in [-0.2, -0.15) is 18.3 Å². The van der Waals surface area contributed by atoms with Crippen molar-refractivity contribution in [3.05, 3.63) is 16.9 Å². The monoisotopic (exact) mass is 256 g/mol. The molecule has 0 atom stereocenters. The predicted octanol–water partition coefficient (Wildman–Crippen LogP) is 2.12. The van der Waals surface area contributed by atoms with Crippen LogP contribution in [-0.4, -0.2) is 22.4 Å². The van der Waals surface area contributed by atoms with Crippen molar-refractivity contribution in [3.8, 4) is 0 Å². The van der Waals surface area contributed by atoms with Crippen molar-refractivity contribution in [2.45, 2.75) is 19.6 Å². The minimum absolute atomic E-state index is 0.143. The SMILES string of the molecule is CCOC(=O)Cn1nc(C(F)(F)F)cc1Cl. The van der Waals surface area contributed by atoms with Crippen LogP contribution in [0.3, 0.4) is 0 Å². The molecule has 16 heavy (non-hydrogen) atoms. The van der Waals surface area contributed by atoms with Gasteiger partial charge < -0.3 is 4.74 Å². The molecule has 0 aliphatic rings. The molecule has 1 aromatic heterocycles. The van der Waals surface area contributed by atoms with Crippen molar-refractivity contribution in [2.24, 2.45) is 0 Å². The zero-order valence-electron chi connectivity index (χ0n) is 8.21. The molecule has 0 radical (unpaired) electrons. The first-order valence-electron chi connectivity index (χ1n) is 4.30. The molecule has 0 spiro atoms. The van der Waals surface area contributed by atoms with Gasteiger partial charge in [0.25, 0.3) is 0 Å². The van der Waals surface area contributed by atoms with Crippen molar-refractivity contribution in [1.29, 1.82) is 0 Å². The molecule has 0 unspecified atom stereocenters. The molecule has 1 rings (SSSR count). The first-order valence-corrected chi connectivity index (χ1v) is 4.68. The van der Waals surface area contributed by atoms with Gasteiger partial charge in [0, 0.05) is 6.07 Å². The lowest BCUT2D eigenvalue weighted by molar-refractivity contribution is -0.146. The fourth-order valence-corrected chi connectivity index (χ4v) is 1.17. The topological polar surface area (TPSA) is 44.1 Å². The van der Waals surface area contributed by atoms with Crippen LogP contribution in [-0.2, 0) is 22.3 Å². The molecule has 0 saturated heterocycles. The van der Waals surface area contributed by atoms with Gasteiger partial charge in [-0.3, -0.25) is 4.79 Å². The number of esters is 1. The first kappa shape index (κ1) is 12.8. The van der Waals surface area contributed by atoms with E-state index in [4.69, 9.17) is 11.6 Å². The van der Waals surface area contributed by atoms with E-state index in [1.165, 1.54) is 0 Å². The van der Waals surface area contributed by atoms with Gasteiger partial charge in [0.2, 0.25) is 0 Å². The molecule has 90 valence electrons. The molecule has 8 heteroatoms. The average Bonchev–Trinajstić information content (AvgIpc) is 2.47. The smallest absolute Gasteiger partial charge is 0.435 e. The van der Waals surface area contributed by atoms with Gasteiger partial charge in [-0.25, -0.2) is 4.68 Å². The van der Waals surface area contributed by atoms with Crippen LogP contribution in [0.2, 0.25) is 5.15 Å². The summed E-state index contributed by atoms with van der Waals surface area (Å²) in [7, 11) is 0. The molecule has 0 aliphatic heterocycles. The Balaban J connectivity index is 2.82. The third-order valence-electron chi connectivity index (χ3n) is 1.61. The van der Waals surface area contributed by atoms with Crippen LogP contribution in [0, 0.1) is 0 Å². The maximum Gasteiger partial charge on any atom is 0.435 e. The molecule has 1 heterocycles. The minimum Gasteiger partial charge on any atom is -0.465 e. The number of hydrogen-bond donors (Lipinski definition) is 0. The molecule has 0 fully saturated rings. The Labute approximate surface area is 93.9 Å². The molecular weight excluding hydrogens is 249 g/mol. The van der Waals surface area contributed by atoms with Crippen LogP contribution in [0.15, 0.2) is 6.07 Å². The highest BCUT2D eigenvalue weighted by atomic mass is 35.5. The number of carbonyl (C=O) groups excluding carboxylic acids is 1. The third-order valence-corrected chi connectivity index (χ3v) is 1.91. The van der Waals surface area contributed by atoms with E-state index in [1.807, 2.05) is 0 Å². The Morgan fingerprint density at radius 3 is 2.69 bits per heavy atom. The summed E-state index contributed by atoms with van der Waals surface area (Å²) in [6.07, 6.45) is -4.58. The zero-order chi connectivity index (χ0) is 12.3. The predicted molar refractivity (Wildman–Crippen MR) is 48.9 cm³/mol. The molecule has 0 amide bonds. The second kappa shape index (κ2) is 4.73. The number of nitrogens with zero attached hydrogens (tertiary/aromatic N) is 2. The lowest BCUT2D eigenvalue weighted by atomic mass is 10.4. The number of halogens is 4. The highest BCUT2D eigenvalue weighted by Gasteiger charge is 2.34. The summed E-state index contributed by atoms with van der Waals surface area (Å²) in [5, 5.41) is 2.90. The molecule has 0 aromatic carbocycles. The van der Waals surface area contributed by atoms with E-state index in [0.29, 0.717) is 6.07 Å². The lowest BCUT2D eigenvalue weighted by Gasteiger charge is -2.03. The van der Waals surface area contributed by atoms with E-state index in [-0.39, 0.29) is 11.8 Å². The summed E-state index contributed by atoms with van der Waals surface area (Å²) in [6.45, 7) is 1.29. The molecule has 0 saturated carbocycles. The minimum atomic E-state index is -4.58. The van der Waals surface area contributed by atoms with Gasteiger partial charge in [-0.1, -0.05) is 11.6 Å². The van der Waals surface area contributed by atoms with Crippen molar-refractivity contribution in [1.82, 2.24) is 9.78 Å². The fraction of sp³-hybridized carbons (Fsp3) is 0.500. The summed E-state index contributed by atoms with van der Waals surface area (Å²) in [5.74, 6) is -0.693. The largest absolute Gasteiger partial charge is 0.465 e. The molecule has 0 aliphatic carbocycles. The lowest BCUT2D eigenvalue weighted by Crippen LogP contribution is -2.15. The summed E-state index contributed by atoms with van der Waals surface area (Å²) in [6, 6.07) is 0.654. The number of carbonyl (C=O) groups is 1. The first-order chi connectivity index (χ1) is 7.34. The highest BCUT2D eigenvalue weighted by molar-refractivity contribution is 6.29. The van der Waals surface area contributed by atoms with Crippen LogP contribution in [0.1, 0.15) is 12.6 Å². The van der Waals surface area contributed by atoms with Crippen LogP contribution in [0.25, 0.3) is 0 Å². The van der Waals surface area contributed by atoms with Gasteiger partial charge >= 0.3 is 12.1 Å². The van der Waals surface area contributed by atoms with Crippen LogP contribution in [0.5, 0.6) is 0 Å². The molecule has 0 bridgehead atoms. The zero-order valence-corrected chi connectivity index (χ0v) is 8.97. The van der Waals surface area contributed by atoms with E-state index < -0.39 is 24.4 Å². The number of aromatic nitrogens is 2. The Bertz CT molecular complexity index is 389. The summed E-state index contributed by atoms with van der Waals surface area (Å²) >= 11 is 5.49. The number of rotatable bonds is 3. The van der Waals surface area contributed by atoms with E-state index in [9.17, 15) is 18.0 Å². The van der Waals surface area contributed by atoms with Gasteiger partial charge in [0.1, 0.15) is 11.7 Å². The van der Waals surface area contributed by atoms with Gasteiger partial charge in [-0.05, 0) is 6.92 Å². The summed E-state index contributed by atoms with van der Waals surface area (Å²) in [5.41, 5.74) is -1.14. The van der Waals surface area contributed by atoms with Gasteiger partial charge in [0.15, 0.2) is 5.69 Å². The maximum absolute atomic E-state index is 12.2. The normalized spacial score (nSPS) is 11.6. The van der Waals surface area contributed by atoms with E-state index in [2.05, 4.69) is 9.84 Å². The number of hydrogen-bond acceptors (Lipinski definition) is 3. The van der Waals surface area contributed by atoms with E-state index in [0.717, 1.165) is 4.68 Å². The second-order valence-corrected chi connectivity index (χ2v) is 3.20. The molecule has 1 aromatic rings. The van der Waals surface area contributed by atoms with Crippen molar-refractivity contribution >= 4 is 17.6 Å². The van der Waals surface area contributed by atoms with Crippen LogP contribution in [0.4, 0.5) is 13.2 Å². The second-order valence-electron chi connectivity index (χ2n) is 2.81. The van der Waals surface area contributed by atoms with Crippen LogP contribution >= 0.6 is 11.6 Å². The Hall–Kier alpha value is -1.24. The summed E-state index contributed by atoms with van der Waals surface area (Å²) in [4.78, 5) is 11.0. The maximum atomic E-state index is 12.2. The third kappa shape index (κ3) is 3.13. The Kier molecular flexibility index (Phi) is 3.79. The standard InChI is InChI=1S/C8H8ClF3N2O2/c1-2-16-7(15)4-14-6(9)3-5(13-14)8(10,11)12/h3H,2,4H2,1H3. The Morgan fingerprint density at radius 2 is 2.25 bits per heavy atom.